The molecule has 0 aliphatic carbocycles. The molecule has 0 aromatic carbocycles. The maximum absolute atomic E-state index is 10.7. The van der Waals surface area contributed by atoms with Gasteiger partial charge in [-0.3, -0.25) is 0 Å². The first-order chi connectivity index (χ1) is 5.17. The second-order valence-corrected chi connectivity index (χ2v) is 2.47. The SMILES string of the molecule is COC(=O)C(=S=S)C(=O)OC. The van der Waals surface area contributed by atoms with Crippen LogP contribution in [-0.4, -0.2) is 31.0 Å². The van der Waals surface area contributed by atoms with E-state index in [0.717, 1.165) is 14.2 Å². The molecule has 0 aliphatic rings. The van der Waals surface area contributed by atoms with E-state index in [4.69, 9.17) is 0 Å². The van der Waals surface area contributed by atoms with Gasteiger partial charge in [0.1, 0.15) is 0 Å². The highest BCUT2D eigenvalue weighted by molar-refractivity contribution is 8.18. The summed E-state index contributed by atoms with van der Waals surface area (Å²) < 4.78 is 8.52. The van der Waals surface area contributed by atoms with Gasteiger partial charge in [-0.1, -0.05) is 9.91 Å². The summed E-state index contributed by atoms with van der Waals surface area (Å²) in [5, 5.41) is 0. The number of rotatable bonds is 2. The Morgan fingerprint density at radius 3 is 1.73 bits per heavy atom. The van der Waals surface area contributed by atoms with Crippen LogP contribution in [0.25, 0.3) is 0 Å². The number of hydrogen-bond acceptors (Lipinski definition) is 5. The molecule has 6 heteroatoms. The van der Waals surface area contributed by atoms with Gasteiger partial charge in [0, 0.05) is 0 Å². The van der Waals surface area contributed by atoms with Gasteiger partial charge in [-0.05, 0) is 11.2 Å². The van der Waals surface area contributed by atoms with Gasteiger partial charge in [-0.15, -0.1) is 0 Å². The van der Waals surface area contributed by atoms with E-state index < -0.39 is 11.9 Å². The van der Waals surface area contributed by atoms with E-state index in [-0.39, 0.29) is 4.86 Å². The third-order valence-electron chi connectivity index (χ3n) is 0.825. The van der Waals surface area contributed by atoms with Gasteiger partial charge in [0.25, 0.3) is 0 Å². The molecule has 0 saturated heterocycles. The smallest absolute Gasteiger partial charge is 0.356 e. The molecule has 0 bridgehead atoms. The summed E-state index contributed by atoms with van der Waals surface area (Å²) in [6.45, 7) is 0. The molecule has 0 rings (SSSR count). The minimum atomic E-state index is -0.767. The fraction of sp³-hybridized carbons (Fsp3) is 0.400. The Bertz CT molecular complexity index is 211. The molecule has 0 aromatic heterocycles. The highest BCUT2D eigenvalue weighted by Gasteiger charge is 2.19. The van der Waals surface area contributed by atoms with Gasteiger partial charge in [0.15, 0.2) is 0 Å². The van der Waals surface area contributed by atoms with Gasteiger partial charge in [0.2, 0.25) is 4.86 Å². The predicted molar refractivity (Wildman–Crippen MR) is 43.8 cm³/mol. The molecule has 0 spiro atoms. The van der Waals surface area contributed by atoms with Gasteiger partial charge >= 0.3 is 11.9 Å². The largest absolute Gasteiger partial charge is 0.465 e. The topological polar surface area (TPSA) is 52.6 Å². The normalized spacial score (nSPS) is 8.18. The zero-order chi connectivity index (χ0) is 8.85. The molecule has 0 fully saturated rings. The first-order valence-corrected chi connectivity index (χ1v) is 4.25. The van der Waals surface area contributed by atoms with Crippen molar-refractivity contribution in [2.24, 2.45) is 0 Å². The van der Waals surface area contributed by atoms with Crippen molar-refractivity contribution in [1.29, 1.82) is 0 Å². The summed E-state index contributed by atoms with van der Waals surface area (Å²) in [6, 6.07) is 0. The van der Waals surface area contributed by atoms with Crippen LogP contribution in [0.3, 0.4) is 0 Å². The van der Waals surface area contributed by atoms with Crippen molar-refractivity contribution in [3.05, 3.63) is 0 Å². The van der Waals surface area contributed by atoms with E-state index >= 15 is 0 Å². The number of ether oxygens (including phenoxy) is 2. The van der Waals surface area contributed by atoms with Gasteiger partial charge in [0.05, 0.1) is 14.2 Å². The van der Waals surface area contributed by atoms with Crippen molar-refractivity contribution in [2.75, 3.05) is 14.2 Å². The molecular weight excluding hydrogens is 188 g/mol. The molecule has 0 aromatic rings. The van der Waals surface area contributed by atoms with Crippen LogP contribution in [0.1, 0.15) is 0 Å². The summed E-state index contributed by atoms with van der Waals surface area (Å²) in [5.41, 5.74) is 0. The van der Waals surface area contributed by atoms with Crippen LogP contribution in [0.4, 0.5) is 0 Å². The molecule has 0 N–H and O–H groups in total. The summed E-state index contributed by atoms with van der Waals surface area (Å²) in [4.78, 5) is 21.2. The molecule has 0 unspecified atom stereocenters. The lowest BCUT2D eigenvalue weighted by molar-refractivity contribution is -0.137. The van der Waals surface area contributed by atoms with Crippen molar-refractivity contribution in [1.82, 2.24) is 0 Å². The highest BCUT2D eigenvalue weighted by Crippen LogP contribution is 1.83. The minimum Gasteiger partial charge on any atom is -0.465 e. The van der Waals surface area contributed by atoms with E-state index in [1.807, 2.05) is 0 Å². The monoisotopic (exact) mass is 194 g/mol. The zero-order valence-corrected chi connectivity index (χ0v) is 7.58. The lowest BCUT2D eigenvalue weighted by atomic mass is 10.4. The molecular formula is C5H6O4S2. The molecule has 62 valence electrons. The van der Waals surface area contributed by atoms with Crippen LogP contribution in [0.5, 0.6) is 0 Å². The van der Waals surface area contributed by atoms with E-state index in [1.54, 1.807) is 0 Å². The summed E-state index contributed by atoms with van der Waals surface area (Å²) >= 11 is 4.44. The Morgan fingerprint density at radius 2 is 1.55 bits per heavy atom. The van der Waals surface area contributed by atoms with Crippen molar-refractivity contribution in [2.45, 2.75) is 0 Å². The molecule has 0 amide bonds. The number of methoxy groups -OCH3 is 2. The molecule has 0 heterocycles. The Kier molecular flexibility index (Phi) is 4.64. The lowest BCUT2D eigenvalue weighted by Crippen LogP contribution is -2.26. The minimum absolute atomic E-state index is 0.231. The Balaban J connectivity index is 4.57. The van der Waals surface area contributed by atoms with Crippen LogP contribution in [0.2, 0.25) is 0 Å². The van der Waals surface area contributed by atoms with Gasteiger partial charge in [-0.25, -0.2) is 9.59 Å². The zero-order valence-electron chi connectivity index (χ0n) is 5.95. The Morgan fingerprint density at radius 1 is 1.18 bits per heavy atom. The maximum Gasteiger partial charge on any atom is 0.356 e. The number of carbonyl (C=O) groups excluding carboxylic acids is 2. The predicted octanol–water partition coefficient (Wildman–Crippen LogP) is -0.951. The quantitative estimate of drug-likeness (QED) is 0.322. The van der Waals surface area contributed by atoms with E-state index in [9.17, 15) is 9.59 Å². The van der Waals surface area contributed by atoms with Crippen molar-refractivity contribution in [3.8, 4) is 0 Å². The van der Waals surface area contributed by atoms with E-state index in [2.05, 4.69) is 20.7 Å². The van der Waals surface area contributed by atoms with E-state index in [0.29, 0.717) is 9.91 Å². The van der Waals surface area contributed by atoms with Crippen LogP contribution in [0, 0.1) is 0 Å². The Hall–Kier alpha value is -0.750. The molecule has 0 atom stereocenters. The second kappa shape index (κ2) is 4.97. The van der Waals surface area contributed by atoms with Crippen molar-refractivity contribution in [3.63, 3.8) is 0 Å². The number of carbonyl (C=O) groups is 2. The van der Waals surface area contributed by atoms with Gasteiger partial charge in [-0.2, -0.15) is 0 Å². The summed E-state index contributed by atoms with van der Waals surface area (Å²) in [7, 11) is 2.91. The maximum atomic E-state index is 10.7. The van der Waals surface area contributed by atoms with E-state index in [1.165, 1.54) is 0 Å². The van der Waals surface area contributed by atoms with Crippen LogP contribution >= 0.6 is 0 Å². The molecule has 0 aliphatic heterocycles. The fourth-order valence-corrected chi connectivity index (χ4v) is 1.05. The second-order valence-electron chi connectivity index (χ2n) is 1.40. The lowest BCUT2D eigenvalue weighted by Gasteiger charge is -1.97. The van der Waals surface area contributed by atoms with Crippen LogP contribution in [-0.2, 0) is 40.2 Å². The summed E-state index contributed by atoms with van der Waals surface area (Å²) in [6.07, 6.45) is 0. The first kappa shape index (κ1) is 10.2. The van der Waals surface area contributed by atoms with Crippen LogP contribution < -0.4 is 0 Å². The van der Waals surface area contributed by atoms with Crippen molar-refractivity contribution < 1.29 is 19.1 Å². The van der Waals surface area contributed by atoms with Crippen molar-refractivity contribution >= 4 is 37.9 Å². The average molecular weight is 194 g/mol. The number of hydrogen-bond donors (Lipinski definition) is 0. The standard InChI is InChI=1S/C5H6O4S2/c1-8-4(6)3(11-10)5(7)9-2/h1-2H3. The highest BCUT2D eigenvalue weighted by atomic mass is 32.8. The van der Waals surface area contributed by atoms with Gasteiger partial charge < -0.3 is 9.47 Å². The third-order valence-corrected chi connectivity index (χ3v) is 1.82. The molecule has 0 radical (unpaired) electrons. The molecule has 4 nitrogen and oxygen atoms in total. The number of esters is 2. The average Bonchev–Trinajstić information content (AvgIpc) is 2.05. The summed E-state index contributed by atoms with van der Waals surface area (Å²) in [5.74, 6) is -1.53. The fourth-order valence-electron chi connectivity index (χ4n) is 0.337. The van der Waals surface area contributed by atoms with Crippen LogP contribution in [0.15, 0.2) is 0 Å². The Labute approximate surface area is 71.7 Å². The first-order valence-electron chi connectivity index (χ1n) is 2.50. The molecule has 11 heavy (non-hydrogen) atoms. The third kappa shape index (κ3) is 2.77. The molecule has 0 saturated carbocycles.